The molecule has 0 heterocycles. The predicted octanol–water partition coefficient (Wildman–Crippen LogP) is 4.17. The standard InChI is InChI=1S/C19H25NO/c1-5-20(18-9-7-6-8-15(18)3)13-19(21)17-11-10-14(2)12-16(17)4/h6-12,19,21H,5,13H2,1-4H3. The Balaban J connectivity index is 2.20. The molecule has 2 rings (SSSR count). The number of hydrogen-bond acceptors (Lipinski definition) is 2. The van der Waals surface area contributed by atoms with Gasteiger partial charge in [0.2, 0.25) is 0 Å². The Bertz CT molecular complexity index is 606. The smallest absolute Gasteiger partial charge is 0.0967 e. The molecule has 1 unspecified atom stereocenters. The van der Waals surface area contributed by atoms with Crippen molar-refractivity contribution in [1.82, 2.24) is 0 Å². The van der Waals surface area contributed by atoms with E-state index in [2.05, 4.69) is 62.9 Å². The van der Waals surface area contributed by atoms with Crippen LogP contribution < -0.4 is 4.90 Å². The zero-order chi connectivity index (χ0) is 15.4. The van der Waals surface area contributed by atoms with Crippen molar-refractivity contribution >= 4 is 5.69 Å². The predicted molar refractivity (Wildman–Crippen MR) is 89.9 cm³/mol. The van der Waals surface area contributed by atoms with E-state index in [1.807, 2.05) is 12.1 Å². The summed E-state index contributed by atoms with van der Waals surface area (Å²) in [6.45, 7) is 9.88. The molecule has 2 nitrogen and oxygen atoms in total. The zero-order valence-corrected chi connectivity index (χ0v) is 13.4. The van der Waals surface area contributed by atoms with E-state index in [0.29, 0.717) is 6.54 Å². The quantitative estimate of drug-likeness (QED) is 0.890. The summed E-state index contributed by atoms with van der Waals surface area (Å²) in [6, 6.07) is 14.6. The second kappa shape index (κ2) is 6.77. The summed E-state index contributed by atoms with van der Waals surface area (Å²) < 4.78 is 0. The molecule has 112 valence electrons. The number of nitrogens with zero attached hydrogens (tertiary/aromatic N) is 1. The molecule has 0 saturated heterocycles. The normalized spacial score (nSPS) is 12.2. The average molecular weight is 283 g/mol. The third kappa shape index (κ3) is 3.64. The summed E-state index contributed by atoms with van der Waals surface area (Å²) in [6.07, 6.45) is -0.467. The molecule has 1 N–H and O–H groups in total. The van der Waals surface area contributed by atoms with Crippen LogP contribution in [0, 0.1) is 20.8 Å². The monoisotopic (exact) mass is 283 g/mol. The highest BCUT2D eigenvalue weighted by Gasteiger charge is 2.15. The number of para-hydroxylation sites is 1. The zero-order valence-electron chi connectivity index (χ0n) is 13.4. The van der Waals surface area contributed by atoms with Gasteiger partial charge in [0, 0.05) is 18.8 Å². The molecule has 0 spiro atoms. The van der Waals surface area contributed by atoms with Gasteiger partial charge in [-0.05, 0) is 50.5 Å². The number of likely N-dealkylation sites (N-methyl/N-ethyl adjacent to an activating group) is 1. The molecule has 0 aliphatic heterocycles. The third-order valence-corrected chi connectivity index (χ3v) is 4.02. The van der Waals surface area contributed by atoms with Crippen molar-refractivity contribution in [3.8, 4) is 0 Å². The van der Waals surface area contributed by atoms with Crippen molar-refractivity contribution < 1.29 is 5.11 Å². The van der Waals surface area contributed by atoms with Gasteiger partial charge in [-0.25, -0.2) is 0 Å². The van der Waals surface area contributed by atoms with Crippen LogP contribution in [0.5, 0.6) is 0 Å². The molecule has 0 aliphatic rings. The van der Waals surface area contributed by atoms with E-state index in [0.717, 1.165) is 17.7 Å². The second-order valence-corrected chi connectivity index (χ2v) is 5.70. The number of anilines is 1. The van der Waals surface area contributed by atoms with E-state index in [-0.39, 0.29) is 0 Å². The van der Waals surface area contributed by atoms with Gasteiger partial charge >= 0.3 is 0 Å². The van der Waals surface area contributed by atoms with E-state index in [1.54, 1.807) is 0 Å². The van der Waals surface area contributed by atoms with Gasteiger partial charge in [0.15, 0.2) is 0 Å². The van der Waals surface area contributed by atoms with Gasteiger partial charge in [0.05, 0.1) is 6.10 Å². The van der Waals surface area contributed by atoms with Gasteiger partial charge in [0.1, 0.15) is 0 Å². The minimum atomic E-state index is -0.467. The number of rotatable bonds is 5. The average Bonchev–Trinajstić information content (AvgIpc) is 2.45. The molecule has 0 radical (unpaired) electrons. The van der Waals surface area contributed by atoms with Crippen LogP contribution in [0.4, 0.5) is 5.69 Å². The van der Waals surface area contributed by atoms with Crippen LogP contribution in [-0.2, 0) is 0 Å². The van der Waals surface area contributed by atoms with Crippen molar-refractivity contribution in [3.05, 3.63) is 64.7 Å². The summed E-state index contributed by atoms with van der Waals surface area (Å²) in [7, 11) is 0. The number of aryl methyl sites for hydroxylation is 3. The Morgan fingerprint density at radius 2 is 1.71 bits per heavy atom. The van der Waals surface area contributed by atoms with E-state index in [1.165, 1.54) is 16.8 Å². The Hall–Kier alpha value is -1.80. The van der Waals surface area contributed by atoms with Crippen molar-refractivity contribution in [2.45, 2.75) is 33.8 Å². The molecule has 2 aromatic rings. The maximum absolute atomic E-state index is 10.6. The highest BCUT2D eigenvalue weighted by atomic mass is 16.3. The maximum atomic E-state index is 10.6. The van der Waals surface area contributed by atoms with Crippen molar-refractivity contribution in [3.63, 3.8) is 0 Å². The van der Waals surface area contributed by atoms with E-state index < -0.39 is 6.10 Å². The molecule has 21 heavy (non-hydrogen) atoms. The largest absolute Gasteiger partial charge is 0.387 e. The van der Waals surface area contributed by atoms with Crippen LogP contribution >= 0.6 is 0 Å². The lowest BCUT2D eigenvalue weighted by Crippen LogP contribution is -2.29. The van der Waals surface area contributed by atoms with Crippen LogP contribution in [0.25, 0.3) is 0 Å². The minimum absolute atomic E-state index is 0.467. The Kier molecular flexibility index (Phi) is 5.03. The first-order valence-electron chi connectivity index (χ1n) is 7.58. The lowest BCUT2D eigenvalue weighted by molar-refractivity contribution is 0.183. The first-order chi connectivity index (χ1) is 10.0. The Morgan fingerprint density at radius 3 is 2.33 bits per heavy atom. The summed E-state index contributed by atoms with van der Waals surface area (Å²) >= 11 is 0. The molecular formula is C19H25NO. The van der Waals surface area contributed by atoms with Gasteiger partial charge < -0.3 is 10.0 Å². The SMILES string of the molecule is CCN(CC(O)c1ccc(C)cc1C)c1ccccc1C. The molecule has 0 aromatic heterocycles. The van der Waals surface area contributed by atoms with Gasteiger partial charge in [-0.3, -0.25) is 0 Å². The van der Waals surface area contributed by atoms with Crippen LogP contribution in [0.2, 0.25) is 0 Å². The second-order valence-electron chi connectivity index (χ2n) is 5.70. The highest BCUT2D eigenvalue weighted by molar-refractivity contribution is 5.53. The van der Waals surface area contributed by atoms with Crippen LogP contribution in [0.15, 0.2) is 42.5 Å². The Labute approximate surface area is 128 Å². The minimum Gasteiger partial charge on any atom is -0.387 e. The molecule has 0 aliphatic carbocycles. The van der Waals surface area contributed by atoms with Crippen molar-refractivity contribution in [2.24, 2.45) is 0 Å². The van der Waals surface area contributed by atoms with E-state index in [4.69, 9.17) is 0 Å². The third-order valence-electron chi connectivity index (χ3n) is 4.02. The van der Waals surface area contributed by atoms with Crippen LogP contribution in [0.1, 0.15) is 35.3 Å². The molecule has 2 heteroatoms. The van der Waals surface area contributed by atoms with Gasteiger partial charge in [-0.2, -0.15) is 0 Å². The molecule has 1 atom stereocenters. The van der Waals surface area contributed by atoms with E-state index in [9.17, 15) is 5.11 Å². The molecule has 2 aromatic carbocycles. The lowest BCUT2D eigenvalue weighted by atomic mass is 10.0. The Morgan fingerprint density at radius 1 is 1.00 bits per heavy atom. The molecule has 0 saturated carbocycles. The summed E-state index contributed by atoms with van der Waals surface area (Å²) in [5, 5.41) is 10.6. The number of aliphatic hydroxyl groups excluding tert-OH is 1. The summed E-state index contributed by atoms with van der Waals surface area (Å²) in [4.78, 5) is 2.24. The van der Waals surface area contributed by atoms with Crippen LogP contribution in [-0.4, -0.2) is 18.2 Å². The lowest BCUT2D eigenvalue weighted by Gasteiger charge is -2.28. The topological polar surface area (TPSA) is 23.5 Å². The first kappa shape index (κ1) is 15.6. The van der Waals surface area contributed by atoms with Gasteiger partial charge in [-0.15, -0.1) is 0 Å². The molecule has 0 fully saturated rings. The highest BCUT2D eigenvalue weighted by Crippen LogP contribution is 2.24. The van der Waals surface area contributed by atoms with Gasteiger partial charge in [-0.1, -0.05) is 42.0 Å². The van der Waals surface area contributed by atoms with Gasteiger partial charge in [0.25, 0.3) is 0 Å². The maximum Gasteiger partial charge on any atom is 0.0967 e. The van der Waals surface area contributed by atoms with Crippen molar-refractivity contribution in [2.75, 3.05) is 18.0 Å². The summed E-state index contributed by atoms with van der Waals surface area (Å²) in [5.74, 6) is 0. The fourth-order valence-electron chi connectivity index (χ4n) is 2.82. The number of hydrogen-bond donors (Lipinski definition) is 1. The van der Waals surface area contributed by atoms with Crippen LogP contribution in [0.3, 0.4) is 0 Å². The van der Waals surface area contributed by atoms with E-state index >= 15 is 0 Å². The molecule has 0 amide bonds. The first-order valence-corrected chi connectivity index (χ1v) is 7.58. The number of benzene rings is 2. The summed E-state index contributed by atoms with van der Waals surface area (Å²) in [5.41, 5.74) is 5.85. The molecular weight excluding hydrogens is 258 g/mol. The van der Waals surface area contributed by atoms with Crippen molar-refractivity contribution in [1.29, 1.82) is 0 Å². The fourth-order valence-corrected chi connectivity index (χ4v) is 2.82. The number of aliphatic hydroxyl groups is 1. The molecule has 0 bridgehead atoms. The fraction of sp³-hybridized carbons (Fsp3) is 0.368.